The van der Waals surface area contributed by atoms with Crippen molar-refractivity contribution in [2.24, 2.45) is 5.92 Å². The Kier molecular flexibility index (Phi) is 6.67. The van der Waals surface area contributed by atoms with Crippen molar-refractivity contribution in [3.05, 3.63) is 53.4 Å². The highest BCUT2D eigenvalue weighted by atomic mass is 19.4. The zero-order valence-corrected chi connectivity index (χ0v) is 18.2. The number of pyridine rings is 1. The summed E-state index contributed by atoms with van der Waals surface area (Å²) in [5, 5.41) is 12.1. The molecule has 0 aliphatic carbocycles. The van der Waals surface area contributed by atoms with Gasteiger partial charge in [0.1, 0.15) is 6.10 Å². The third-order valence-electron chi connectivity index (χ3n) is 6.05. The third kappa shape index (κ3) is 4.39. The molecule has 1 aliphatic heterocycles. The lowest BCUT2D eigenvalue weighted by Gasteiger charge is -2.32. The van der Waals surface area contributed by atoms with Gasteiger partial charge in [-0.15, -0.1) is 0 Å². The molecule has 0 saturated carbocycles. The minimum Gasteiger partial charge on any atom is -0.493 e. The number of halogens is 5. The normalized spacial score (nSPS) is 26.2. The number of carbonyl (C=O) groups excluding carboxylic acids is 1. The minimum absolute atomic E-state index is 0.128. The minimum atomic E-state index is -4.86. The predicted octanol–water partition coefficient (Wildman–Crippen LogP) is 4.50. The van der Waals surface area contributed by atoms with Crippen molar-refractivity contribution in [3.8, 4) is 5.75 Å². The SMILES string of the molecule is COc1c(C2[C@H](C(=O)Nc3ccnc(C(C)O)c3)O[C@@](C)(C(F)(F)F)[C@H]2C)ccc(F)c1F. The highest BCUT2D eigenvalue weighted by Crippen LogP contribution is 2.55. The second kappa shape index (κ2) is 8.86. The number of rotatable bonds is 5. The summed E-state index contributed by atoms with van der Waals surface area (Å²) >= 11 is 0. The van der Waals surface area contributed by atoms with Crippen molar-refractivity contribution < 1.29 is 41.3 Å². The van der Waals surface area contributed by atoms with Crippen LogP contribution in [0.3, 0.4) is 0 Å². The summed E-state index contributed by atoms with van der Waals surface area (Å²) < 4.78 is 80.2. The number of benzene rings is 1. The van der Waals surface area contributed by atoms with E-state index >= 15 is 0 Å². The molecule has 0 radical (unpaired) electrons. The Morgan fingerprint density at radius 3 is 2.55 bits per heavy atom. The van der Waals surface area contributed by atoms with Crippen LogP contribution in [-0.4, -0.2) is 41.0 Å². The molecule has 0 bridgehead atoms. The summed E-state index contributed by atoms with van der Waals surface area (Å²) in [6.07, 6.45) is -6.21. The highest BCUT2D eigenvalue weighted by Gasteiger charge is 2.65. The van der Waals surface area contributed by atoms with Crippen molar-refractivity contribution in [2.75, 3.05) is 12.4 Å². The highest BCUT2D eigenvalue weighted by molar-refractivity contribution is 5.95. The number of nitrogens with zero attached hydrogens (tertiary/aromatic N) is 1. The summed E-state index contributed by atoms with van der Waals surface area (Å²) in [5.74, 6) is -6.84. The van der Waals surface area contributed by atoms with Crippen molar-refractivity contribution >= 4 is 11.6 Å². The number of methoxy groups -OCH3 is 1. The Labute approximate surface area is 186 Å². The number of hydrogen-bond acceptors (Lipinski definition) is 5. The van der Waals surface area contributed by atoms with Crippen LogP contribution in [0.1, 0.15) is 44.1 Å². The number of carbonyl (C=O) groups is 1. The van der Waals surface area contributed by atoms with Gasteiger partial charge >= 0.3 is 6.18 Å². The lowest BCUT2D eigenvalue weighted by Crippen LogP contribution is -2.47. The Morgan fingerprint density at radius 2 is 1.97 bits per heavy atom. The van der Waals surface area contributed by atoms with Gasteiger partial charge < -0.3 is 19.9 Å². The molecule has 11 heteroatoms. The molecular weight excluding hydrogens is 451 g/mol. The molecule has 0 spiro atoms. The van der Waals surface area contributed by atoms with Gasteiger partial charge in [0.2, 0.25) is 5.82 Å². The van der Waals surface area contributed by atoms with E-state index in [1.165, 1.54) is 32.2 Å². The lowest BCUT2D eigenvalue weighted by molar-refractivity contribution is -0.272. The molecule has 1 saturated heterocycles. The molecular formula is C22H23F5N2O4. The van der Waals surface area contributed by atoms with Crippen LogP contribution in [0.25, 0.3) is 0 Å². The van der Waals surface area contributed by atoms with E-state index in [1.807, 2.05) is 0 Å². The first-order chi connectivity index (χ1) is 15.3. The third-order valence-corrected chi connectivity index (χ3v) is 6.05. The van der Waals surface area contributed by atoms with Crippen molar-refractivity contribution in [1.82, 2.24) is 4.98 Å². The molecule has 2 heterocycles. The molecule has 2 N–H and O–H groups in total. The molecule has 2 aromatic rings. The first-order valence-electron chi connectivity index (χ1n) is 10.0. The van der Waals surface area contributed by atoms with Crippen LogP contribution in [-0.2, 0) is 9.53 Å². The number of hydrogen-bond donors (Lipinski definition) is 2. The zero-order chi connectivity index (χ0) is 24.7. The molecule has 3 rings (SSSR count). The van der Waals surface area contributed by atoms with Gasteiger partial charge in [0, 0.05) is 29.3 Å². The fourth-order valence-electron chi connectivity index (χ4n) is 4.01. The van der Waals surface area contributed by atoms with Gasteiger partial charge in [-0.2, -0.15) is 17.6 Å². The predicted molar refractivity (Wildman–Crippen MR) is 108 cm³/mol. The van der Waals surface area contributed by atoms with E-state index in [1.54, 1.807) is 0 Å². The number of alkyl halides is 3. The van der Waals surface area contributed by atoms with E-state index in [-0.39, 0.29) is 16.9 Å². The van der Waals surface area contributed by atoms with Crippen LogP contribution >= 0.6 is 0 Å². The summed E-state index contributed by atoms with van der Waals surface area (Å²) in [6, 6.07) is 4.59. The maximum atomic E-state index is 14.4. The summed E-state index contributed by atoms with van der Waals surface area (Å²) in [4.78, 5) is 17.0. The molecule has 1 amide bonds. The fraction of sp³-hybridized carbons (Fsp3) is 0.455. The number of anilines is 1. The molecule has 1 aromatic heterocycles. The van der Waals surface area contributed by atoms with E-state index in [9.17, 15) is 31.9 Å². The van der Waals surface area contributed by atoms with Crippen LogP contribution < -0.4 is 10.1 Å². The smallest absolute Gasteiger partial charge is 0.417 e. The average Bonchev–Trinajstić information content (AvgIpc) is 3.02. The Bertz CT molecular complexity index is 1050. The fourth-order valence-corrected chi connectivity index (χ4v) is 4.01. The number of aromatic nitrogens is 1. The van der Waals surface area contributed by atoms with Gasteiger partial charge in [-0.3, -0.25) is 9.78 Å². The number of aliphatic hydroxyl groups is 1. The van der Waals surface area contributed by atoms with E-state index in [2.05, 4.69) is 10.3 Å². The van der Waals surface area contributed by atoms with E-state index < -0.39 is 59.1 Å². The maximum Gasteiger partial charge on any atom is 0.417 e. The molecule has 1 aromatic carbocycles. The molecule has 6 nitrogen and oxygen atoms in total. The molecule has 2 unspecified atom stereocenters. The van der Waals surface area contributed by atoms with Crippen molar-refractivity contribution in [3.63, 3.8) is 0 Å². The maximum absolute atomic E-state index is 14.4. The van der Waals surface area contributed by atoms with Gasteiger partial charge in [0.25, 0.3) is 5.91 Å². The number of aliphatic hydroxyl groups excluding tert-OH is 1. The molecule has 180 valence electrons. The Morgan fingerprint density at radius 1 is 1.30 bits per heavy atom. The van der Waals surface area contributed by atoms with Crippen molar-refractivity contribution in [1.29, 1.82) is 0 Å². The Balaban J connectivity index is 2.07. The number of ether oxygens (including phenoxy) is 2. The largest absolute Gasteiger partial charge is 0.493 e. The number of nitrogens with one attached hydrogen (secondary N) is 1. The van der Waals surface area contributed by atoms with E-state index in [4.69, 9.17) is 9.47 Å². The van der Waals surface area contributed by atoms with Gasteiger partial charge in [-0.25, -0.2) is 4.39 Å². The van der Waals surface area contributed by atoms with Crippen LogP contribution in [0.5, 0.6) is 5.75 Å². The van der Waals surface area contributed by atoms with E-state index in [0.29, 0.717) is 0 Å². The van der Waals surface area contributed by atoms with Gasteiger partial charge in [0.05, 0.1) is 18.9 Å². The summed E-state index contributed by atoms with van der Waals surface area (Å²) in [5.41, 5.74) is -2.49. The van der Waals surface area contributed by atoms with Crippen LogP contribution in [0, 0.1) is 17.6 Å². The molecule has 5 atom stereocenters. The monoisotopic (exact) mass is 474 g/mol. The summed E-state index contributed by atoms with van der Waals surface area (Å²) in [7, 11) is 1.05. The first kappa shape index (κ1) is 24.8. The second-order valence-corrected chi connectivity index (χ2v) is 8.08. The zero-order valence-electron chi connectivity index (χ0n) is 18.2. The lowest BCUT2D eigenvalue weighted by atomic mass is 9.77. The average molecular weight is 474 g/mol. The molecule has 1 fully saturated rings. The van der Waals surface area contributed by atoms with Crippen LogP contribution in [0.2, 0.25) is 0 Å². The van der Waals surface area contributed by atoms with Gasteiger partial charge in [-0.05, 0) is 32.0 Å². The van der Waals surface area contributed by atoms with E-state index in [0.717, 1.165) is 26.2 Å². The number of amides is 1. The second-order valence-electron chi connectivity index (χ2n) is 8.08. The van der Waals surface area contributed by atoms with Crippen molar-refractivity contribution in [2.45, 2.75) is 50.7 Å². The van der Waals surface area contributed by atoms with Gasteiger partial charge in [-0.1, -0.05) is 13.0 Å². The van der Waals surface area contributed by atoms with Crippen LogP contribution in [0.15, 0.2) is 30.5 Å². The van der Waals surface area contributed by atoms with Gasteiger partial charge in [0.15, 0.2) is 17.2 Å². The standard InChI is InChI=1S/C22H23F5N2O4/c1-10-16(13-5-6-14(23)17(24)18(13)32-4)19(33-21(10,3)22(25,26)27)20(31)29-12-7-8-28-15(9-12)11(2)30/h5-11,16,19,30H,1-4H3,(H,28,29,31)/t10-,11?,16?,19+,21+/m0/s1. The topological polar surface area (TPSA) is 80.7 Å². The summed E-state index contributed by atoms with van der Waals surface area (Å²) in [6.45, 7) is 3.49. The molecule has 33 heavy (non-hydrogen) atoms. The Hall–Kier alpha value is -2.79. The molecule has 1 aliphatic rings. The quantitative estimate of drug-likeness (QED) is 0.624. The van der Waals surface area contributed by atoms with Crippen LogP contribution in [0.4, 0.5) is 27.6 Å². The first-order valence-corrected chi connectivity index (χ1v) is 10.0.